The predicted molar refractivity (Wildman–Crippen MR) is 110 cm³/mol. The Kier molecular flexibility index (Phi) is 4.34. The van der Waals surface area contributed by atoms with Gasteiger partial charge in [-0.05, 0) is 19.1 Å². The molecule has 3 aromatic heterocycles. The van der Waals surface area contributed by atoms with Gasteiger partial charge in [-0.1, -0.05) is 18.2 Å². The molecule has 9 heteroatoms. The zero-order chi connectivity index (χ0) is 20.7. The van der Waals surface area contributed by atoms with Gasteiger partial charge >= 0.3 is 5.69 Å². The van der Waals surface area contributed by atoms with Gasteiger partial charge in [-0.3, -0.25) is 18.7 Å². The van der Waals surface area contributed by atoms with Gasteiger partial charge in [0.2, 0.25) is 0 Å². The SMILES string of the molecule is Cc1nc2c(cc1C(=O)NN=Cc1c[nH]c3ccccc13)c(=O)n(C)c(=O)n2C. The summed E-state index contributed by atoms with van der Waals surface area (Å²) in [4.78, 5) is 44.5. The highest BCUT2D eigenvalue weighted by atomic mass is 16.2. The average Bonchev–Trinajstić information content (AvgIpc) is 3.13. The summed E-state index contributed by atoms with van der Waals surface area (Å²) in [5, 5.41) is 5.19. The monoisotopic (exact) mass is 390 g/mol. The number of para-hydroxylation sites is 1. The van der Waals surface area contributed by atoms with E-state index in [4.69, 9.17) is 0 Å². The molecule has 146 valence electrons. The number of hydrogen-bond acceptors (Lipinski definition) is 5. The van der Waals surface area contributed by atoms with E-state index in [0.29, 0.717) is 5.69 Å². The van der Waals surface area contributed by atoms with E-state index in [2.05, 4.69) is 20.5 Å². The van der Waals surface area contributed by atoms with Crippen LogP contribution >= 0.6 is 0 Å². The number of nitrogens with zero attached hydrogens (tertiary/aromatic N) is 4. The molecule has 9 nitrogen and oxygen atoms in total. The number of rotatable bonds is 3. The summed E-state index contributed by atoms with van der Waals surface area (Å²) in [5.41, 5.74) is 4.12. The summed E-state index contributed by atoms with van der Waals surface area (Å²) >= 11 is 0. The molecular formula is C20H18N6O3. The smallest absolute Gasteiger partial charge is 0.332 e. The van der Waals surface area contributed by atoms with Crippen LogP contribution in [0, 0.1) is 6.92 Å². The molecule has 4 aromatic rings. The number of hydrogen-bond donors (Lipinski definition) is 2. The van der Waals surface area contributed by atoms with E-state index in [9.17, 15) is 14.4 Å². The molecule has 0 spiro atoms. The van der Waals surface area contributed by atoms with Crippen molar-refractivity contribution < 1.29 is 4.79 Å². The van der Waals surface area contributed by atoms with Gasteiger partial charge in [0.25, 0.3) is 11.5 Å². The Labute approximate surface area is 164 Å². The molecule has 0 aliphatic heterocycles. The summed E-state index contributed by atoms with van der Waals surface area (Å²) in [5.74, 6) is -0.496. The lowest BCUT2D eigenvalue weighted by Gasteiger charge is -2.10. The summed E-state index contributed by atoms with van der Waals surface area (Å²) in [6.45, 7) is 1.64. The lowest BCUT2D eigenvalue weighted by Crippen LogP contribution is -2.37. The zero-order valence-electron chi connectivity index (χ0n) is 16.1. The summed E-state index contributed by atoms with van der Waals surface area (Å²) < 4.78 is 2.26. The van der Waals surface area contributed by atoms with E-state index in [-0.39, 0.29) is 16.6 Å². The number of hydrazone groups is 1. The summed E-state index contributed by atoms with van der Waals surface area (Å²) in [6.07, 6.45) is 3.34. The minimum atomic E-state index is -0.507. The van der Waals surface area contributed by atoms with Crippen LogP contribution in [0.15, 0.2) is 51.2 Å². The van der Waals surface area contributed by atoms with Crippen molar-refractivity contribution >= 4 is 34.1 Å². The fraction of sp³-hybridized carbons (Fsp3) is 0.150. The zero-order valence-corrected chi connectivity index (χ0v) is 16.1. The molecule has 0 fully saturated rings. The third-order valence-corrected chi connectivity index (χ3v) is 4.86. The fourth-order valence-corrected chi connectivity index (χ4v) is 3.24. The molecule has 0 atom stereocenters. The molecule has 29 heavy (non-hydrogen) atoms. The molecule has 1 amide bonds. The van der Waals surface area contributed by atoms with Gasteiger partial charge in [0.15, 0.2) is 0 Å². The maximum atomic E-state index is 12.6. The molecule has 2 N–H and O–H groups in total. The average molecular weight is 390 g/mol. The number of nitrogens with one attached hydrogen (secondary N) is 2. The van der Waals surface area contributed by atoms with Crippen LogP contribution in [0.2, 0.25) is 0 Å². The lowest BCUT2D eigenvalue weighted by molar-refractivity contribution is 0.0954. The standard InChI is InChI=1S/C20H18N6O3/c1-11-14(8-15-17(23-11)25(2)20(29)26(3)19(15)28)18(27)24-22-10-12-9-21-16-7-5-4-6-13(12)16/h4-10,21H,1-3H3,(H,24,27). The predicted octanol–water partition coefficient (Wildman–Crippen LogP) is 1.19. The van der Waals surface area contributed by atoms with Crippen LogP contribution in [0.5, 0.6) is 0 Å². The second kappa shape index (κ2) is 6.86. The van der Waals surface area contributed by atoms with Gasteiger partial charge in [0.05, 0.1) is 22.9 Å². The molecule has 0 bridgehead atoms. The Balaban J connectivity index is 1.67. The molecule has 0 saturated carbocycles. The minimum absolute atomic E-state index is 0.186. The van der Waals surface area contributed by atoms with E-state index in [0.717, 1.165) is 21.0 Å². The van der Waals surface area contributed by atoms with Crippen molar-refractivity contribution in [2.24, 2.45) is 19.2 Å². The first-order chi connectivity index (χ1) is 13.9. The molecule has 0 saturated heterocycles. The van der Waals surface area contributed by atoms with Crippen molar-refractivity contribution in [1.29, 1.82) is 0 Å². The highest BCUT2D eigenvalue weighted by molar-refractivity contribution is 6.01. The van der Waals surface area contributed by atoms with Gasteiger partial charge in [0.1, 0.15) is 5.65 Å². The van der Waals surface area contributed by atoms with Gasteiger partial charge < -0.3 is 4.98 Å². The van der Waals surface area contributed by atoms with Crippen molar-refractivity contribution in [1.82, 2.24) is 24.5 Å². The minimum Gasteiger partial charge on any atom is -0.361 e. The van der Waals surface area contributed by atoms with Crippen LogP contribution in [0.3, 0.4) is 0 Å². The third-order valence-electron chi connectivity index (χ3n) is 4.86. The van der Waals surface area contributed by atoms with Crippen molar-refractivity contribution in [3.8, 4) is 0 Å². The van der Waals surface area contributed by atoms with Crippen LogP contribution < -0.4 is 16.7 Å². The van der Waals surface area contributed by atoms with E-state index < -0.39 is 17.2 Å². The van der Waals surface area contributed by atoms with Gasteiger partial charge in [-0.15, -0.1) is 0 Å². The maximum absolute atomic E-state index is 12.6. The number of H-pyrrole nitrogens is 1. The summed E-state index contributed by atoms with van der Waals surface area (Å²) in [6, 6.07) is 9.19. The first-order valence-electron chi connectivity index (χ1n) is 8.85. The largest absolute Gasteiger partial charge is 0.361 e. The number of carbonyl (C=O) groups excluding carboxylic acids is 1. The quantitative estimate of drug-likeness (QED) is 0.404. The second-order valence-corrected chi connectivity index (χ2v) is 6.69. The first kappa shape index (κ1) is 18.4. The van der Waals surface area contributed by atoms with E-state index in [1.165, 1.54) is 24.7 Å². The van der Waals surface area contributed by atoms with E-state index in [1.807, 2.05) is 24.3 Å². The molecule has 4 rings (SSSR count). The highest BCUT2D eigenvalue weighted by Gasteiger charge is 2.16. The molecule has 0 aliphatic rings. The highest BCUT2D eigenvalue weighted by Crippen LogP contribution is 2.16. The van der Waals surface area contributed by atoms with Crippen molar-refractivity contribution in [3.63, 3.8) is 0 Å². The number of amides is 1. The van der Waals surface area contributed by atoms with Crippen LogP contribution in [0.4, 0.5) is 0 Å². The topological polar surface area (TPSA) is 114 Å². The summed E-state index contributed by atoms with van der Waals surface area (Å²) in [7, 11) is 2.91. The van der Waals surface area contributed by atoms with E-state index in [1.54, 1.807) is 19.3 Å². The van der Waals surface area contributed by atoms with E-state index >= 15 is 0 Å². The van der Waals surface area contributed by atoms with Crippen molar-refractivity contribution in [2.75, 3.05) is 0 Å². The van der Waals surface area contributed by atoms with Crippen molar-refractivity contribution in [2.45, 2.75) is 6.92 Å². The Morgan fingerprint density at radius 2 is 1.93 bits per heavy atom. The van der Waals surface area contributed by atoms with Gasteiger partial charge in [0, 0.05) is 36.8 Å². The lowest BCUT2D eigenvalue weighted by atomic mass is 10.1. The number of fused-ring (bicyclic) bond motifs is 2. The van der Waals surface area contributed by atoms with Gasteiger partial charge in [-0.2, -0.15) is 5.10 Å². The van der Waals surface area contributed by atoms with Crippen LogP contribution in [0.25, 0.3) is 21.9 Å². The number of aryl methyl sites for hydroxylation is 2. The maximum Gasteiger partial charge on any atom is 0.332 e. The van der Waals surface area contributed by atoms with Crippen LogP contribution in [-0.4, -0.2) is 31.2 Å². The number of carbonyl (C=O) groups is 1. The Hall–Kier alpha value is -4.01. The number of aromatic amines is 1. The first-order valence-corrected chi connectivity index (χ1v) is 8.85. The second-order valence-electron chi connectivity index (χ2n) is 6.69. The molecule has 0 unspecified atom stereocenters. The molecule has 3 heterocycles. The van der Waals surface area contributed by atoms with Crippen LogP contribution in [-0.2, 0) is 14.1 Å². The van der Waals surface area contributed by atoms with Crippen molar-refractivity contribution in [3.05, 3.63) is 74.2 Å². The number of pyridine rings is 1. The Morgan fingerprint density at radius 1 is 1.17 bits per heavy atom. The number of benzene rings is 1. The fourth-order valence-electron chi connectivity index (χ4n) is 3.24. The molecule has 0 radical (unpaired) electrons. The normalized spacial score (nSPS) is 11.6. The molecule has 1 aromatic carbocycles. The Morgan fingerprint density at radius 3 is 2.72 bits per heavy atom. The molecular weight excluding hydrogens is 372 g/mol. The van der Waals surface area contributed by atoms with Gasteiger partial charge in [-0.25, -0.2) is 15.2 Å². The number of aromatic nitrogens is 4. The molecule has 0 aliphatic carbocycles. The third kappa shape index (κ3) is 3.02. The Bertz CT molecular complexity index is 1420. The van der Waals surface area contributed by atoms with Crippen LogP contribution in [0.1, 0.15) is 21.6 Å².